The fourth-order valence-electron chi connectivity index (χ4n) is 6.01. The molecular formula is C40H48ClN7O4S2Si. The summed E-state index contributed by atoms with van der Waals surface area (Å²) in [5.74, 6) is 7.69. The number of thiazole rings is 2. The van der Waals surface area contributed by atoms with E-state index >= 15 is 0 Å². The van der Waals surface area contributed by atoms with Crippen molar-refractivity contribution in [1.29, 1.82) is 0 Å². The summed E-state index contributed by atoms with van der Waals surface area (Å²) in [5, 5.41) is 10.6. The van der Waals surface area contributed by atoms with Crippen LogP contribution in [0, 0.1) is 18.8 Å². The van der Waals surface area contributed by atoms with Crippen molar-refractivity contribution < 1.29 is 19.0 Å². The predicted octanol–water partition coefficient (Wildman–Crippen LogP) is 8.25. The quantitative estimate of drug-likeness (QED) is 0.0474. The predicted molar refractivity (Wildman–Crippen MR) is 225 cm³/mol. The third-order valence-corrected chi connectivity index (χ3v) is 13.2. The molecule has 0 amide bonds. The van der Waals surface area contributed by atoms with Gasteiger partial charge in [-0.3, -0.25) is 9.47 Å². The molecule has 2 aromatic carbocycles. The molecule has 6 rings (SSSR count). The number of aryl methyl sites for hydroxylation is 1. The van der Waals surface area contributed by atoms with Gasteiger partial charge in [0.25, 0.3) is 0 Å². The van der Waals surface area contributed by atoms with Gasteiger partial charge >= 0.3 is 5.97 Å². The van der Waals surface area contributed by atoms with Crippen molar-refractivity contribution >= 4 is 75.3 Å². The maximum atomic E-state index is 12.9. The number of fused-ring (bicyclic) bond motifs is 2. The molecule has 0 aliphatic carbocycles. The van der Waals surface area contributed by atoms with Crippen molar-refractivity contribution in [2.45, 2.75) is 65.0 Å². The third-order valence-electron chi connectivity index (χ3n) is 9.03. The van der Waals surface area contributed by atoms with Crippen LogP contribution in [0.3, 0.4) is 0 Å². The van der Waals surface area contributed by atoms with Gasteiger partial charge in [0.05, 0.1) is 35.5 Å². The second-order valence-corrected chi connectivity index (χ2v) is 22.9. The fourth-order valence-corrected chi connectivity index (χ4v) is 9.14. The Morgan fingerprint density at radius 2 is 1.93 bits per heavy atom. The second kappa shape index (κ2) is 18.2. The normalized spacial score (nSPS) is 13.3. The third kappa shape index (κ3) is 10.2. The number of rotatable bonds is 14. The molecule has 5 aromatic rings. The highest BCUT2D eigenvalue weighted by molar-refractivity contribution is 7.16. The number of benzene rings is 2. The largest absolute Gasteiger partial charge is 0.492 e. The van der Waals surface area contributed by atoms with Gasteiger partial charge in [0.1, 0.15) is 12.5 Å². The van der Waals surface area contributed by atoms with Gasteiger partial charge in [-0.25, -0.2) is 9.78 Å². The molecule has 0 saturated heterocycles. The van der Waals surface area contributed by atoms with Crippen molar-refractivity contribution in [3.8, 4) is 17.6 Å². The minimum Gasteiger partial charge on any atom is -0.492 e. The number of methoxy groups -OCH3 is 1. The molecule has 0 bridgehead atoms. The molecule has 3 aromatic heterocycles. The van der Waals surface area contributed by atoms with Gasteiger partial charge in [-0.2, -0.15) is 4.99 Å². The Bertz CT molecular complexity index is 2290. The lowest BCUT2D eigenvalue weighted by Crippen LogP contribution is -2.27. The number of aromatic nitrogens is 4. The SMILES string of the molecule is COC(=O)c1nc(N2CCCc3c2nnc(/N=c2\sc4ccccc4n2COCC[Si](C)(C)C)c3C)sc1CCCOc1ccc(C#CCN(C)C)cc1Cl. The number of nitrogens with zero attached hydrogens (tertiary/aromatic N) is 7. The van der Waals surface area contributed by atoms with E-state index in [9.17, 15) is 4.79 Å². The monoisotopic (exact) mass is 817 g/mol. The molecule has 1 aliphatic heterocycles. The molecule has 290 valence electrons. The van der Waals surface area contributed by atoms with Crippen LogP contribution in [-0.4, -0.2) is 86.2 Å². The summed E-state index contributed by atoms with van der Waals surface area (Å²) >= 11 is 9.59. The first-order chi connectivity index (χ1) is 26.4. The van der Waals surface area contributed by atoms with E-state index in [1.54, 1.807) is 11.3 Å². The molecule has 0 radical (unpaired) electrons. The molecule has 15 heteroatoms. The zero-order valence-electron chi connectivity index (χ0n) is 32.6. The van der Waals surface area contributed by atoms with Crippen LogP contribution in [0.25, 0.3) is 10.2 Å². The topological polar surface area (TPSA) is 107 Å². The van der Waals surface area contributed by atoms with E-state index < -0.39 is 14.0 Å². The number of carbonyl (C=O) groups is 1. The lowest BCUT2D eigenvalue weighted by Gasteiger charge is -2.28. The summed E-state index contributed by atoms with van der Waals surface area (Å²) in [7, 11) is 4.11. The maximum absolute atomic E-state index is 12.9. The Labute approximate surface area is 337 Å². The van der Waals surface area contributed by atoms with E-state index in [4.69, 9.17) is 40.9 Å². The maximum Gasteiger partial charge on any atom is 0.357 e. The van der Waals surface area contributed by atoms with Crippen LogP contribution in [0.4, 0.5) is 16.8 Å². The smallest absolute Gasteiger partial charge is 0.357 e. The number of carbonyl (C=O) groups excluding carboxylic acids is 1. The lowest BCUT2D eigenvalue weighted by atomic mass is 10.0. The Morgan fingerprint density at radius 1 is 1.11 bits per heavy atom. The Morgan fingerprint density at radius 3 is 2.69 bits per heavy atom. The summed E-state index contributed by atoms with van der Waals surface area (Å²) in [6, 6.07) is 15.0. The van der Waals surface area contributed by atoms with Gasteiger partial charge in [0.15, 0.2) is 27.3 Å². The minimum absolute atomic E-state index is 0.311. The number of ether oxygens (including phenoxy) is 3. The highest BCUT2D eigenvalue weighted by Crippen LogP contribution is 2.39. The van der Waals surface area contributed by atoms with Crippen LogP contribution in [0.2, 0.25) is 30.7 Å². The molecule has 55 heavy (non-hydrogen) atoms. The van der Waals surface area contributed by atoms with Crippen molar-refractivity contribution in [2.24, 2.45) is 4.99 Å². The Hall–Kier alpha value is -4.10. The number of hydrogen-bond acceptors (Lipinski definition) is 12. The van der Waals surface area contributed by atoms with Gasteiger partial charge in [0, 0.05) is 42.8 Å². The van der Waals surface area contributed by atoms with Gasteiger partial charge < -0.3 is 19.1 Å². The number of hydrogen-bond donors (Lipinski definition) is 0. The average molecular weight is 819 g/mol. The van der Waals surface area contributed by atoms with E-state index in [0.717, 1.165) is 67.9 Å². The van der Waals surface area contributed by atoms with Crippen molar-refractivity contribution in [3.63, 3.8) is 0 Å². The number of halogens is 1. The number of esters is 1. The molecule has 0 spiro atoms. The molecule has 0 unspecified atom stereocenters. The van der Waals surface area contributed by atoms with E-state index in [2.05, 4.69) is 65.1 Å². The molecule has 0 saturated carbocycles. The lowest BCUT2D eigenvalue weighted by molar-refractivity contribution is 0.0593. The van der Waals surface area contributed by atoms with Crippen LogP contribution in [-0.2, 0) is 29.0 Å². The van der Waals surface area contributed by atoms with Gasteiger partial charge in [-0.15, -0.1) is 21.5 Å². The molecular weight excluding hydrogens is 770 g/mol. The zero-order chi connectivity index (χ0) is 39.1. The van der Waals surface area contributed by atoms with Crippen molar-refractivity contribution in [2.75, 3.05) is 52.4 Å². The van der Waals surface area contributed by atoms with Crippen molar-refractivity contribution in [1.82, 2.24) is 24.6 Å². The van der Waals surface area contributed by atoms with Crippen LogP contribution in [0.1, 0.15) is 44.9 Å². The van der Waals surface area contributed by atoms with Crippen LogP contribution >= 0.6 is 34.3 Å². The summed E-state index contributed by atoms with van der Waals surface area (Å²) in [4.78, 5) is 28.5. The minimum atomic E-state index is -1.21. The molecule has 0 N–H and O–H groups in total. The van der Waals surface area contributed by atoms with Gasteiger partial charge in [-0.05, 0) is 83.1 Å². The van der Waals surface area contributed by atoms with E-state index in [0.29, 0.717) is 66.7 Å². The van der Waals surface area contributed by atoms with E-state index in [-0.39, 0.29) is 0 Å². The van der Waals surface area contributed by atoms with Crippen molar-refractivity contribution in [3.05, 3.63) is 79.6 Å². The summed E-state index contributed by atoms with van der Waals surface area (Å²) < 4.78 is 20.6. The van der Waals surface area contributed by atoms with Crippen LogP contribution < -0.4 is 14.4 Å². The van der Waals surface area contributed by atoms with Crippen LogP contribution in [0.5, 0.6) is 5.75 Å². The molecule has 4 heterocycles. The Kier molecular flexibility index (Phi) is 13.4. The first-order valence-electron chi connectivity index (χ1n) is 18.4. The number of para-hydroxylation sites is 1. The highest BCUT2D eigenvalue weighted by Gasteiger charge is 2.29. The molecule has 11 nitrogen and oxygen atoms in total. The summed E-state index contributed by atoms with van der Waals surface area (Å²) in [5.41, 5.74) is 4.29. The van der Waals surface area contributed by atoms with Crippen LogP contribution in [0.15, 0.2) is 47.5 Å². The fraction of sp³-hybridized carbons (Fsp3) is 0.425. The standard InChI is InChI=1S/C40H48ClN7O4S2Si/c1-27-29-14-11-21-47(37(29)45-44-36(27)43-40-48(26-51-23-24-55(5,6)7)31-15-8-9-16-33(31)53-40)39-42-35(38(49)50-4)34(54-39)17-12-22-52-32-19-18-28(25-30(32)41)13-10-20-46(2)3/h8-9,15-16,18-19,25H,11-12,14,17,20-24,26H2,1-7H3/b43-40-. The first kappa shape index (κ1) is 40.6. The second-order valence-electron chi connectivity index (χ2n) is 14.8. The first-order valence-corrected chi connectivity index (χ1v) is 24.1. The van der Waals surface area contributed by atoms with Gasteiger partial charge in [0.2, 0.25) is 0 Å². The molecule has 0 atom stereocenters. The molecule has 0 fully saturated rings. The Balaban J connectivity index is 1.19. The van der Waals surface area contributed by atoms with E-state index in [1.165, 1.54) is 18.4 Å². The average Bonchev–Trinajstić information content (AvgIpc) is 3.74. The summed E-state index contributed by atoms with van der Waals surface area (Å²) in [6.07, 6.45) is 2.96. The molecule has 1 aliphatic rings. The van der Waals surface area contributed by atoms with Gasteiger partial charge in [-0.1, -0.05) is 66.6 Å². The highest BCUT2D eigenvalue weighted by atomic mass is 35.5. The summed E-state index contributed by atoms with van der Waals surface area (Å²) in [6.45, 7) is 12.1. The zero-order valence-corrected chi connectivity index (χ0v) is 36.0. The van der Waals surface area contributed by atoms with E-state index in [1.807, 2.05) is 49.3 Å². The number of anilines is 2.